The Balaban J connectivity index is 1.93. The summed E-state index contributed by atoms with van der Waals surface area (Å²) in [5.74, 6) is -0.167. The predicted molar refractivity (Wildman–Crippen MR) is 73.6 cm³/mol. The molecule has 18 heavy (non-hydrogen) atoms. The van der Waals surface area contributed by atoms with E-state index in [1.165, 1.54) is 12.1 Å². The fourth-order valence-corrected chi connectivity index (χ4v) is 2.47. The van der Waals surface area contributed by atoms with Crippen LogP contribution < -0.4 is 10.2 Å². The summed E-state index contributed by atoms with van der Waals surface area (Å²) in [6.07, 6.45) is 0. The Kier molecular flexibility index (Phi) is 4.55. The van der Waals surface area contributed by atoms with E-state index in [4.69, 9.17) is 0 Å². The molecule has 1 saturated heterocycles. The summed E-state index contributed by atoms with van der Waals surface area (Å²) in [4.78, 5) is 4.83. The molecule has 1 aromatic carbocycles. The maximum atomic E-state index is 12.9. The molecule has 1 aliphatic rings. The van der Waals surface area contributed by atoms with E-state index >= 15 is 0 Å². The summed E-state index contributed by atoms with van der Waals surface area (Å²) >= 11 is 0. The van der Waals surface area contributed by atoms with Crippen molar-refractivity contribution in [3.05, 3.63) is 30.1 Å². The Morgan fingerprint density at radius 1 is 1.28 bits per heavy atom. The number of benzene rings is 1. The van der Waals surface area contributed by atoms with Crippen molar-refractivity contribution in [1.29, 1.82) is 0 Å². The first-order valence-corrected chi connectivity index (χ1v) is 6.60. The van der Waals surface area contributed by atoms with E-state index in [1.54, 1.807) is 0 Å². The van der Waals surface area contributed by atoms with Gasteiger partial charge in [0, 0.05) is 44.5 Å². The largest absolute Gasteiger partial charge is 0.369 e. The number of likely N-dealkylation sites (N-methyl/N-ethyl adjacent to an activating group) is 1. The number of hydrogen-bond acceptors (Lipinski definition) is 3. The number of piperazine rings is 1. The van der Waals surface area contributed by atoms with Gasteiger partial charge in [-0.2, -0.15) is 0 Å². The minimum atomic E-state index is -0.167. The Morgan fingerprint density at radius 2 is 2.00 bits per heavy atom. The number of hydrogen-bond donors (Lipinski definition) is 1. The SMILES string of the molecule is CNCCN1CCN(c2ccc(F)cc2)CC1C. The molecule has 1 heterocycles. The summed E-state index contributed by atoms with van der Waals surface area (Å²) in [6.45, 7) is 7.47. The first-order chi connectivity index (χ1) is 8.70. The van der Waals surface area contributed by atoms with Gasteiger partial charge in [-0.05, 0) is 38.2 Å². The molecule has 0 saturated carbocycles. The van der Waals surface area contributed by atoms with E-state index in [0.29, 0.717) is 6.04 Å². The highest BCUT2D eigenvalue weighted by Gasteiger charge is 2.23. The van der Waals surface area contributed by atoms with Crippen molar-refractivity contribution in [2.75, 3.05) is 44.7 Å². The van der Waals surface area contributed by atoms with Crippen molar-refractivity contribution in [3.8, 4) is 0 Å². The van der Waals surface area contributed by atoms with Gasteiger partial charge in [-0.25, -0.2) is 4.39 Å². The normalized spacial score (nSPS) is 21.3. The van der Waals surface area contributed by atoms with Crippen LogP contribution >= 0.6 is 0 Å². The van der Waals surface area contributed by atoms with Gasteiger partial charge in [0.15, 0.2) is 0 Å². The van der Waals surface area contributed by atoms with E-state index < -0.39 is 0 Å². The molecule has 1 aliphatic heterocycles. The van der Waals surface area contributed by atoms with E-state index in [0.717, 1.165) is 38.4 Å². The predicted octanol–water partition coefficient (Wildman–Crippen LogP) is 1.56. The van der Waals surface area contributed by atoms with Gasteiger partial charge in [0.05, 0.1) is 0 Å². The van der Waals surface area contributed by atoms with Crippen LogP contribution in [0.1, 0.15) is 6.92 Å². The van der Waals surface area contributed by atoms with Crippen molar-refractivity contribution in [3.63, 3.8) is 0 Å². The lowest BCUT2D eigenvalue weighted by molar-refractivity contribution is 0.191. The molecule has 1 unspecified atom stereocenters. The zero-order chi connectivity index (χ0) is 13.0. The van der Waals surface area contributed by atoms with Gasteiger partial charge in [-0.15, -0.1) is 0 Å². The van der Waals surface area contributed by atoms with Crippen molar-refractivity contribution >= 4 is 5.69 Å². The van der Waals surface area contributed by atoms with Crippen molar-refractivity contribution < 1.29 is 4.39 Å². The standard InChI is InChI=1S/C14H22FN3/c1-12-11-18(10-9-17(12)8-7-16-2)14-5-3-13(15)4-6-14/h3-6,12,16H,7-11H2,1-2H3. The zero-order valence-electron chi connectivity index (χ0n) is 11.2. The molecule has 1 atom stereocenters. The van der Waals surface area contributed by atoms with Gasteiger partial charge >= 0.3 is 0 Å². The van der Waals surface area contributed by atoms with Gasteiger partial charge in [-0.1, -0.05) is 0 Å². The topological polar surface area (TPSA) is 18.5 Å². The lowest BCUT2D eigenvalue weighted by Gasteiger charge is -2.41. The number of anilines is 1. The van der Waals surface area contributed by atoms with E-state index in [2.05, 4.69) is 22.0 Å². The molecule has 1 fully saturated rings. The number of rotatable bonds is 4. The third-order valence-corrected chi connectivity index (χ3v) is 3.61. The molecule has 0 aromatic heterocycles. The van der Waals surface area contributed by atoms with Crippen molar-refractivity contribution in [2.45, 2.75) is 13.0 Å². The minimum Gasteiger partial charge on any atom is -0.369 e. The van der Waals surface area contributed by atoms with Crippen LogP contribution in [0.5, 0.6) is 0 Å². The fraction of sp³-hybridized carbons (Fsp3) is 0.571. The third-order valence-electron chi connectivity index (χ3n) is 3.61. The molecule has 0 aliphatic carbocycles. The first-order valence-electron chi connectivity index (χ1n) is 6.60. The first kappa shape index (κ1) is 13.3. The Labute approximate surface area is 109 Å². The van der Waals surface area contributed by atoms with Crippen molar-refractivity contribution in [2.24, 2.45) is 0 Å². The monoisotopic (exact) mass is 251 g/mol. The van der Waals surface area contributed by atoms with E-state index in [-0.39, 0.29) is 5.82 Å². The molecule has 1 N–H and O–H groups in total. The summed E-state index contributed by atoms with van der Waals surface area (Å²) < 4.78 is 12.9. The Bertz CT molecular complexity index is 366. The fourth-order valence-electron chi connectivity index (χ4n) is 2.47. The number of halogens is 1. The van der Waals surface area contributed by atoms with Gasteiger partial charge < -0.3 is 10.2 Å². The molecule has 3 nitrogen and oxygen atoms in total. The average molecular weight is 251 g/mol. The lowest BCUT2D eigenvalue weighted by atomic mass is 10.1. The molecule has 0 spiro atoms. The van der Waals surface area contributed by atoms with Gasteiger partial charge in [-0.3, -0.25) is 4.90 Å². The quantitative estimate of drug-likeness (QED) is 0.876. The maximum absolute atomic E-state index is 12.9. The van der Waals surface area contributed by atoms with Crippen LogP contribution in [0.4, 0.5) is 10.1 Å². The molecule has 2 rings (SSSR count). The van der Waals surface area contributed by atoms with E-state index in [1.807, 2.05) is 19.2 Å². The average Bonchev–Trinajstić information content (AvgIpc) is 2.38. The number of nitrogens with zero attached hydrogens (tertiary/aromatic N) is 2. The summed E-state index contributed by atoms with van der Waals surface area (Å²) in [5.41, 5.74) is 1.12. The van der Waals surface area contributed by atoms with Crippen LogP contribution in [-0.2, 0) is 0 Å². The van der Waals surface area contributed by atoms with Crippen molar-refractivity contribution in [1.82, 2.24) is 10.2 Å². The third kappa shape index (κ3) is 3.21. The van der Waals surface area contributed by atoms with Gasteiger partial charge in [0.25, 0.3) is 0 Å². The zero-order valence-corrected chi connectivity index (χ0v) is 11.2. The smallest absolute Gasteiger partial charge is 0.123 e. The molecule has 4 heteroatoms. The molecule has 100 valence electrons. The minimum absolute atomic E-state index is 0.167. The highest BCUT2D eigenvalue weighted by atomic mass is 19.1. The maximum Gasteiger partial charge on any atom is 0.123 e. The van der Waals surface area contributed by atoms with Gasteiger partial charge in [0.2, 0.25) is 0 Å². The molecular formula is C14H22FN3. The van der Waals surface area contributed by atoms with Gasteiger partial charge in [0.1, 0.15) is 5.82 Å². The van der Waals surface area contributed by atoms with E-state index in [9.17, 15) is 4.39 Å². The highest BCUT2D eigenvalue weighted by molar-refractivity contribution is 5.46. The molecular weight excluding hydrogens is 229 g/mol. The second-order valence-electron chi connectivity index (χ2n) is 4.91. The molecule has 0 radical (unpaired) electrons. The summed E-state index contributed by atoms with van der Waals surface area (Å²) in [6, 6.07) is 7.34. The molecule has 0 bridgehead atoms. The Morgan fingerprint density at radius 3 is 2.61 bits per heavy atom. The van der Waals surface area contributed by atoms with Crippen LogP contribution in [0.25, 0.3) is 0 Å². The van der Waals surface area contributed by atoms with Crippen LogP contribution in [0.3, 0.4) is 0 Å². The molecule has 1 aromatic rings. The highest BCUT2D eigenvalue weighted by Crippen LogP contribution is 2.19. The molecule has 0 amide bonds. The van der Waals surface area contributed by atoms with Crippen LogP contribution in [0, 0.1) is 5.82 Å². The Hall–Kier alpha value is -1.13. The summed E-state index contributed by atoms with van der Waals surface area (Å²) in [7, 11) is 1.99. The second-order valence-corrected chi connectivity index (χ2v) is 4.91. The van der Waals surface area contributed by atoms with Crippen LogP contribution in [0.2, 0.25) is 0 Å². The lowest BCUT2D eigenvalue weighted by Crippen LogP contribution is -2.53. The second kappa shape index (κ2) is 6.16. The van der Waals surface area contributed by atoms with Crippen LogP contribution in [0.15, 0.2) is 24.3 Å². The number of nitrogens with one attached hydrogen (secondary N) is 1. The summed E-state index contributed by atoms with van der Waals surface area (Å²) in [5, 5.41) is 3.19. The van der Waals surface area contributed by atoms with Crippen LogP contribution in [-0.4, -0.2) is 50.7 Å².